The highest BCUT2D eigenvalue weighted by Crippen LogP contribution is 2.25. The van der Waals surface area contributed by atoms with E-state index in [4.69, 9.17) is 5.26 Å². The number of fused-ring (bicyclic) bond motifs is 1. The number of hydrogen-bond donors (Lipinski definition) is 2. The number of nitriles is 1. The van der Waals surface area contributed by atoms with E-state index >= 15 is 0 Å². The first-order valence-corrected chi connectivity index (χ1v) is 7.53. The van der Waals surface area contributed by atoms with Crippen molar-refractivity contribution in [3.05, 3.63) is 59.2 Å². The van der Waals surface area contributed by atoms with Crippen LogP contribution < -0.4 is 10.6 Å². The van der Waals surface area contributed by atoms with E-state index in [1.54, 1.807) is 24.3 Å². The third kappa shape index (κ3) is 3.50. The standard InChI is InChI=1S/C18H18N4O/c1-22-9-8-16-14(12-22)5-3-7-17(16)21-18(23)20-15-6-2-4-13(10-15)11-19/h2-7,10H,8-9,12H2,1H3,(H2,20,21,23). The first kappa shape index (κ1) is 15.1. The number of likely N-dealkylation sites (N-methyl/N-ethyl adjacent to an activating group) is 1. The van der Waals surface area contributed by atoms with Crippen LogP contribution in [0.25, 0.3) is 0 Å². The fourth-order valence-electron chi connectivity index (χ4n) is 2.82. The van der Waals surface area contributed by atoms with Crippen LogP contribution in [0.3, 0.4) is 0 Å². The average Bonchev–Trinajstić information content (AvgIpc) is 2.55. The Bertz CT molecular complexity index is 779. The molecule has 1 aliphatic heterocycles. The van der Waals surface area contributed by atoms with Gasteiger partial charge in [-0.2, -0.15) is 5.26 Å². The molecule has 0 aromatic heterocycles. The first-order valence-electron chi connectivity index (χ1n) is 7.53. The second kappa shape index (κ2) is 6.51. The summed E-state index contributed by atoms with van der Waals surface area (Å²) < 4.78 is 0. The number of carbonyl (C=O) groups excluding carboxylic acids is 1. The number of urea groups is 1. The van der Waals surface area contributed by atoms with Crippen LogP contribution in [0.15, 0.2) is 42.5 Å². The molecule has 0 aliphatic carbocycles. The molecule has 2 N–H and O–H groups in total. The normalized spacial score (nSPS) is 13.7. The van der Waals surface area contributed by atoms with Gasteiger partial charge in [0.2, 0.25) is 0 Å². The lowest BCUT2D eigenvalue weighted by atomic mass is 9.98. The Balaban J connectivity index is 1.73. The van der Waals surface area contributed by atoms with Crippen molar-refractivity contribution in [2.75, 3.05) is 24.2 Å². The monoisotopic (exact) mass is 306 g/mol. The molecule has 0 bridgehead atoms. The quantitative estimate of drug-likeness (QED) is 0.895. The summed E-state index contributed by atoms with van der Waals surface area (Å²) in [6.45, 7) is 1.88. The van der Waals surface area contributed by atoms with Gasteiger partial charge in [0.15, 0.2) is 0 Å². The minimum Gasteiger partial charge on any atom is -0.308 e. The lowest BCUT2D eigenvalue weighted by Crippen LogP contribution is -2.28. The molecule has 0 spiro atoms. The number of anilines is 2. The van der Waals surface area contributed by atoms with E-state index < -0.39 is 0 Å². The lowest BCUT2D eigenvalue weighted by molar-refractivity contribution is 0.262. The number of rotatable bonds is 2. The van der Waals surface area contributed by atoms with E-state index in [9.17, 15) is 4.79 Å². The van der Waals surface area contributed by atoms with Crippen LogP contribution >= 0.6 is 0 Å². The predicted octanol–water partition coefficient (Wildman–Crippen LogP) is 3.19. The number of nitrogens with one attached hydrogen (secondary N) is 2. The highest BCUT2D eigenvalue weighted by molar-refractivity contribution is 6.00. The zero-order chi connectivity index (χ0) is 16.2. The molecule has 2 amide bonds. The number of benzene rings is 2. The zero-order valence-electron chi connectivity index (χ0n) is 13.0. The van der Waals surface area contributed by atoms with Gasteiger partial charge in [0.25, 0.3) is 0 Å². The predicted molar refractivity (Wildman–Crippen MR) is 90.3 cm³/mol. The summed E-state index contributed by atoms with van der Waals surface area (Å²) in [6.07, 6.45) is 0.923. The molecule has 3 rings (SSSR count). The van der Waals surface area contributed by atoms with Crippen LogP contribution in [-0.4, -0.2) is 24.5 Å². The molecule has 0 saturated heterocycles. The van der Waals surface area contributed by atoms with Crippen molar-refractivity contribution < 1.29 is 4.79 Å². The molecule has 2 aromatic carbocycles. The van der Waals surface area contributed by atoms with Crippen LogP contribution in [0.1, 0.15) is 16.7 Å². The second-order valence-corrected chi connectivity index (χ2v) is 5.70. The Kier molecular flexibility index (Phi) is 4.26. The van der Waals surface area contributed by atoms with Crippen LogP contribution in [0, 0.1) is 11.3 Å². The van der Waals surface area contributed by atoms with Crippen molar-refractivity contribution in [3.63, 3.8) is 0 Å². The van der Waals surface area contributed by atoms with Gasteiger partial charge in [0.05, 0.1) is 11.6 Å². The van der Waals surface area contributed by atoms with Crippen LogP contribution in [0.4, 0.5) is 16.2 Å². The van der Waals surface area contributed by atoms with Gasteiger partial charge in [-0.25, -0.2) is 4.79 Å². The number of hydrogen-bond acceptors (Lipinski definition) is 3. The molecular weight excluding hydrogens is 288 g/mol. The fraction of sp³-hybridized carbons (Fsp3) is 0.222. The maximum Gasteiger partial charge on any atom is 0.323 e. The SMILES string of the molecule is CN1CCc2c(cccc2NC(=O)Nc2cccc(C#N)c2)C1. The molecule has 0 saturated carbocycles. The minimum absolute atomic E-state index is 0.299. The second-order valence-electron chi connectivity index (χ2n) is 5.70. The number of carbonyl (C=O) groups is 1. The molecule has 0 fully saturated rings. The largest absolute Gasteiger partial charge is 0.323 e. The summed E-state index contributed by atoms with van der Waals surface area (Å²) in [7, 11) is 2.10. The van der Waals surface area contributed by atoms with Gasteiger partial charge >= 0.3 is 6.03 Å². The Morgan fingerprint density at radius 3 is 2.87 bits per heavy atom. The highest BCUT2D eigenvalue weighted by Gasteiger charge is 2.17. The molecule has 5 nitrogen and oxygen atoms in total. The summed E-state index contributed by atoms with van der Waals surface area (Å²) >= 11 is 0. The van der Waals surface area contributed by atoms with Crippen LogP contribution in [0.5, 0.6) is 0 Å². The van der Waals surface area contributed by atoms with Crippen molar-refractivity contribution in [2.45, 2.75) is 13.0 Å². The van der Waals surface area contributed by atoms with Crippen molar-refractivity contribution in [1.29, 1.82) is 5.26 Å². The van der Waals surface area contributed by atoms with Crippen molar-refractivity contribution in [1.82, 2.24) is 4.90 Å². The average molecular weight is 306 g/mol. The van der Waals surface area contributed by atoms with Crippen LogP contribution in [0.2, 0.25) is 0 Å². The smallest absolute Gasteiger partial charge is 0.308 e. The third-order valence-corrected chi connectivity index (χ3v) is 3.95. The molecule has 1 heterocycles. The van der Waals surface area contributed by atoms with Gasteiger partial charge in [0.1, 0.15) is 0 Å². The van der Waals surface area contributed by atoms with Crippen molar-refractivity contribution in [2.24, 2.45) is 0 Å². The maximum atomic E-state index is 12.2. The molecule has 116 valence electrons. The lowest BCUT2D eigenvalue weighted by Gasteiger charge is -2.26. The third-order valence-electron chi connectivity index (χ3n) is 3.95. The van der Waals surface area contributed by atoms with Gasteiger partial charge in [-0.05, 0) is 48.9 Å². The van der Waals surface area contributed by atoms with Gasteiger partial charge in [-0.15, -0.1) is 0 Å². The van der Waals surface area contributed by atoms with Gasteiger partial charge in [-0.3, -0.25) is 0 Å². The molecule has 23 heavy (non-hydrogen) atoms. The van der Waals surface area contributed by atoms with E-state index in [0.717, 1.165) is 25.2 Å². The molecule has 0 atom stereocenters. The molecule has 1 aliphatic rings. The highest BCUT2D eigenvalue weighted by atomic mass is 16.2. The van der Waals surface area contributed by atoms with E-state index in [1.807, 2.05) is 12.1 Å². The van der Waals surface area contributed by atoms with Gasteiger partial charge < -0.3 is 15.5 Å². The van der Waals surface area contributed by atoms with E-state index in [-0.39, 0.29) is 6.03 Å². The number of nitrogens with zero attached hydrogens (tertiary/aromatic N) is 2. The molecule has 2 aromatic rings. The van der Waals surface area contributed by atoms with Crippen LogP contribution in [-0.2, 0) is 13.0 Å². The minimum atomic E-state index is -0.299. The molecular formula is C18H18N4O. The fourth-order valence-corrected chi connectivity index (χ4v) is 2.82. The van der Waals surface area contributed by atoms with Gasteiger partial charge in [-0.1, -0.05) is 18.2 Å². The summed E-state index contributed by atoms with van der Waals surface area (Å²) in [5.41, 5.74) is 4.42. The summed E-state index contributed by atoms with van der Waals surface area (Å²) in [5, 5.41) is 14.6. The van der Waals surface area contributed by atoms with Crippen molar-refractivity contribution in [3.8, 4) is 6.07 Å². The van der Waals surface area contributed by atoms with Crippen molar-refractivity contribution >= 4 is 17.4 Å². The topological polar surface area (TPSA) is 68.2 Å². The first-order chi connectivity index (χ1) is 11.2. The Morgan fingerprint density at radius 1 is 1.22 bits per heavy atom. The summed E-state index contributed by atoms with van der Waals surface area (Å²) in [4.78, 5) is 14.5. The Hall–Kier alpha value is -2.84. The van der Waals surface area contributed by atoms with E-state index in [1.165, 1.54) is 11.1 Å². The van der Waals surface area contributed by atoms with Gasteiger partial charge in [0, 0.05) is 24.5 Å². The number of amides is 2. The Morgan fingerprint density at radius 2 is 2.04 bits per heavy atom. The Labute approximate surface area is 135 Å². The molecule has 0 unspecified atom stereocenters. The van der Waals surface area contributed by atoms with E-state index in [2.05, 4.69) is 34.7 Å². The summed E-state index contributed by atoms with van der Waals surface area (Å²) in [5.74, 6) is 0. The zero-order valence-corrected chi connectivity index (χ0v) is 13.0. The molecule has 5 heteroatoms. The summed E-state index contributed by atoms with van der Waals surface area (Å²) in [6, 6.07) is 14.6. The maximum absolute atomic E-state index is 12.2. The van der Waals surface area contributed by atoms with E-state index in [0.29, 0.717) is 11.3 Å². The molecule has 0 radical (unpaired) electrons.